The van der Waals surface area contributed by atoms with Gasteiger partial charge in [0.05, 0.1) is 0 Å². The van der Waals surface area contributed by atoms with Crippen LogP contribution in [0.5, 0.6) is 0 Å². The zero-order valence-electron chi connectivity index (χ0n) is 14.9. The summed E-state index contributed by atoms with van der Waals surface area (Å²) >= 11 is 1.75. The van der Waals surface area contributed by atoms with E-state index in [1.807, 2.05) is 13.0 Å². The Bertz CT molecular complexity index is 560. The summed E-state index contributed by atoms with van der Waals surface area (Å²) < 4.78 is 61.1. The van der Waals surface area contributed by atoms with Gasteiger partial charge in [-0.05, 0) is 25.7 Å². The summed E-state index contributed by atoms with van der Waals surface area (Å²) in [6, 6.07) is 0. The third-order valence-corrected chi connectivity index (χ3v) is 6.43. The summed E-state index contributed by atoms with van der Waals surface area (Å²) in [4.78, 5) is 4.47. The van der Waals surface area contributed by atoms with E-state index in [0.717, 1.165) is 18.1 Å². The van der Waals surface area contributed by atoms with Gasteiger partial charge >= 0.3 is 15.5 Å². The summed E-state index contributed by atoms with van der Waals surface area (Å²) in [5.74, 6) is 2.52. The maximum absolute atomic E-state index is 12.6. The van der Waals surface area contributed by atoms with E-state index < -0.39 is 15.5 Å². The van der Waals surface area contributed by atoms with E-state index in [1.54, 1.807) is 11.8 Å². The van der Waals surface area contributed by atoms with Gasteiger partial charge in [0.2, 0.25) is 0 Å². The molecule has 6 nitrogen and oxygen atoms in total. The van der Waals surface area contributed by atoms with Crippen LogP contribution in [0, 0.1) is 5.92 Å². The van der Waals surface area contributed by atoms with Crippen molar-refractivity contribution in [3.8, 4) is 0 Å². The predicted octanol–water partition coefficient (Wildman–Crippen LogP) is 2.02. The molecular formula is C15H27F3N4O2S2. The maximum atomic E-state index is 12.6. The predicted molar refractivity (Wildman–Crippen MR) is 101 cm³/mol. The van der Waals surface area contributed by atoms with Crippen LogP contribution in [0.15, 0.2) is 17.6 Å². The number of rotatable bonds is 9. The van der Waals surface area contributed by atoms with E-state index in [1.165, 1.54) is 0 Å². The first-order valence-electron chi connectivity index (χ1n) is 8.49. The number of sulfonamides is 1. The van der Waals surface area contributed by atoms with Gasteiger partial charge in [-0.25, -0.2) is 8.42 Å². The van der Waals surface area contributed by atoms with E-state index >= 15 is 0 Å². The second-order valence-electron chi connectivity index (χ2n) is 5.80. The van der Waals surface area contributed by atoms with Crippen molar-refractivity contribution in [1.82, 2.24) is 14.9 Å². The Hall–Kier alpha value is -0.940. The molecule has 1 fully saturated rings. The zero-order chi connectivity index (χ0) is 19.6. The van der Waals surface area contributed by atoms with Crippen LogP contribution < -0.4 is 10.6 Å². The first-order valence-corrected chi connectivity index (χ1v) is 11.1. The van der Waals surface area contributed by atoms with Crippen molar-refractivity contribution in [2.24, 2.45) is 10.9 Å². The number of thioether (sulfide) groups is 1. The van der Waals surface area contributed by atoms with Crippen LogP contribution in [0.3, 0.4) is 0 Å². The lowest BCUT2D eigenvalue weighted by atomic mass is 9.98. The summed E-state index contributed by atoms with van der Waals surface area (Å²) in [5, 5.41) is 6.32. The lowest BCUT2D eigenvalue weighted by molar-refractivity contribution is -0.0496. The zero-order valence-corrected chi connectivity index (χ0v) is 16.5. The molecule has 0 spiro atoms. The molecular weight excluding hydrogens is 389 g/mol. The maximum Gasteiger partial charge on any atom is 0.511 e. The fourth-order valence-corrected chi connectivity index (χ4v) is 4.01. The highest BCUT2D eigenvalue weighted by molar-refractivity contribution is 7.99. The second-order valence-corrected chi connectivity index (χ2v) is 8.88. The average molecular weight is 417 g/mol. The Kier molecular flexibility index (Phi) is 9.80. The van der Waals surface area contributed by atoms with Crippen LogP contribution in [0.4, 0.5) is 13.2 Å². The highest BCUT2D eigenvalue weighted by atomic mass is 32.2. The number of piperidine rings is 1. The Balaban J connectivity index is 2.46. The van der Waals surface area contributed by atoms with Crippen LogP contribution in [-0.4, -0.2) is 68.4 Å². The van der Waals surface area contributed by atoms with Crippen molar-refractivity contribution in [3.05, 3.63) is 12.7 Å². The molecule has 0 saturated carbocycles. The summed E-state index contributed by atoms with van der Waals surface area (Å²) in [7, 11) is -5.22. The topological polar surface area (TPSA) is 73.8 Å². The van der Waals surface area contributed by atoms with Crippen molar-refractivity contribution in [2.45, 2.75) is 25.3 Å². The van der Waals surface area contributed by atoms with Gasteiger partial charge in [-0.3, -0.25) is 4.99 Å². The third kappa shape index (κ3) is 7.36. The molecule has 0 aromatic rings. The molecule has 0 aromatic heterocycles. The Labute approximate surface area is 157 Å². The van der Waals surface area contributed by atoms with E-state index in [2.05, 4.69) is 22.2 Å². The summed E-state index contributed by atoms with van der Waals surface area (Å²) in [5.41, 5.74) is -5.23. The molecule has 1 aliphatic rings. The number of nitrogens with one attached hydrogen (secondary N) is 2. The van der Waals surface area contributed by atoms with Crippen LogP contribution >= 0.6 is 11.8 Å². The third-order valence-electron chi connectivity index (χ3n) is 3.83. The first kappa shape index (κ1) is 23.1. The van der Waals surface area contributed by atoms with Crippen LogP contribution in [0.1, 0.15) is 19.8 Å². The molecule has 0 aliphatic carbocycles. The minimum absolute atomic E-state index is 0.0697. The fourth-order valence-electron chi connectivity index (χ4n) is 2.45. The Morgan fingerprint density at radius 1 is 1.35 bits per heavy atom. The number of alkyl halides is 3. The van der Waals surface area contributed by atoms with Gasteiger partial charge in [-0.2, -0.15) is 29.2 Å². The number of hydrogen-bond acceptors (Lipinski definition) is 4. The first-order chi connectivity index (χ1) is 12.2. The molecule has 1 saturated heterocycles. The molecule has 0 radical (unpaired) electrons. The van der Waals surface area contributed by atoms with Gasteiger partial charge in [0.25, 0.3) is 0 Å². The smallest absolute Gasteiger partial charge is 0.357 e. The molecule has 2 N–H and O–H groups in total. The van der Waals surface area contributed by atoms with Gasteiger partial charge in [0, 0.05) is 44.2 Å². The molecule has 1 aliphatic heterocycles. The SMILES string of the molecule is C=CCSCCNC(=NCC1CCN(S(=O)(=O)C(F)(F)F)CC1)NCC. The van der Waals surface area contributed by atoms with Crippen molar-refractivity contribution in [1.29, 1.82) is 0 Å². The van der Waals surface area contributed by atoms with Gasteiger partial charge in [0.1, 0.15) is 0 Å². The van der Waals surface area contributed by atoms with Gasteiger partial charge in [-0.1, -0.05) is 6.08 Å². The normalized spacial score (nSPS) is 17.9. The van der Waals surface area contributed by atoms with Crippen molar-refractivity contribution in [2.75, 3.05) is 44.2 Å². The number of aliphatic imine (C=N–C) groups is 1. The number of guanidine groups is 1. The van der Waals surface area contributed by atoms with Gasteiger partial charge < -0.3 is 10.6 Å². The highest BCUT2D eigenvalue weighted by Gasteiger charge is 2.50. The largest absolute Gasteiger partial charge is 0.511 e. The van der Waals surface area contributed by atoms with E-state index in [9.17, 15) is 21.6 Å². The lowest BCUT2D eigenvalue weighted by Gasteiger charge is -2.30. The molecule has 26 heavy (non-hydrogen) atoms. The van der Waals surface area contributed by atoms with Crippen molar-refractivity contribution >= 4 is 27.7 Å². The standard InChI is InChI=1S/C15H27F3N4O2S2/c1-3-10-25-11-7-20-14(19-4-2)21-12-13-5-8-22(9-6-13)26(23,24)15(16,17)18/h3,13H,1,4-12H2,2H3,(H2,19,20,21). The number of nitrogens with zero attached hydrogens (tertiary/aromatic N) is 2. The van der Waals surface area contributed by atoms with E-state index in [0.29, 0.717) is 36.2 Å². The molecule has 11 heteroatoms. The molecule has 0 atom stereocenters. The van der Waals surface area contributed by atoms with Crippen LogP contribution in [0.2, 0.25) is 0 Å². The molecule has 0 bridgehead atoms. The number of hydrogen-bond donors (Lipinski definition) is 2. The minimum Gasteiger partial charge on any atom is -0.357 e. The number of halogens is 3. The molecule has 0 unspecified atom stereocenters. The van der Waals surface area contributed by atoms with Gasteiger partial charge in [-0.15, -0.1) is 6.58 Å². The molecule has 0 amide bonds. The van der Waals surface area contributed by atoms with E-state index in [4.69, 9.17) is 0 Å². The lowest BCUT2D eigenvalue weighted by Crippen LogP contribution is -2.45. The van der Waals surface area contributed by atoms with E-state index in [-0.39, 0.29) is 19.0 Å². The minimum atomic E-state index is -5.23. The van der Waals surface area contributed by atoms with Crippen molar-refractivity contribution in [3.63, 3.8) is 0 Å². The van der Waals surface area contributed by atoms with Crippen LogP contribution in [-0.2, 0) is 10.0 Å². The monoisotopic (exact) mass is 416 g/mol. The van der Waals surface area contributed by atoms with Crippen molar-refractivity contribution < 1.29 is 21.6 Å². The molecule has 1 heterocycles. The van der Waals surface area contributed by atoms with Gasteiger partial charge in [0.15, 0.2) is 5.96 Å². The summed E-state index contributed by atoms with van der Waals surface area (Å²) in [6.07, 6.45) is 2.58. The van der Waals surface area contributed by atoms with Crippen LogP contribution in [0.25, 0.3) is 0 Å². The highest BCUT2D eigenvalue weighted by Crippen LogP contribution is 2.30. The fraction of sp³-hybridized carbons (Fsp3) is 0.800. The molecule has 152 valence electrons. The second kappa shape index (κ2) is 11.0. The Morgan fingerprint density at radius 3 is 2.54 bits per heavy atom. The molecule has 1 rings (SSSR count). The summed E-state index contributed by atoms with van der Waals surface area (Å²) in [6.45, 7) is 7.26. The average Bonchev–Trinajstić information content (AvgIpc) is 2.58. The quantitative estimate of drug-likeness (QED) is 0.260. The Morgan fingerprint density at radius 2 is 2.00 bits per heavy atom. The molecule has 0 aromatic carbocycles.